The Balaban J connectivity index is 1.67. The third kappa shape index (κ3) is 4.14. The topological polar surface area (TPSA) is 61.0 Å². The third-order valence-electron chi connectivity index (χ3n) is 4.16. The number of nitrogens with one attached hydrogen (secondary N) is 2. The second kappa shape index (κ2) is 7.77. The number of carbonyl (C=O) groups excluding carboxylic acids is 1. The van der Waals surface area contributed by atoms with Crippen LogP contribution in [0.5, 0.6) is 0 Å². The summed E-state index contributed by atoms with van der Waals surface area (Å²) in [7, 11) is 4.01. The highest BCUT2D eigenvalue weighted by Gasteiger charge is 2.17. The first-order valence-electron chi connectivity index (χ1n) is 8.25. The minimum atomic E-state index is -0.155. The van der Waals surface area contributed by atoms with Gasteiger partial charge in [-0.1, -0.05) is 60.7 Å². The lowest BCUT2D eigenvalue weighted by Gasteiger charge is -2.25. The van der Waals surface area contributed by atoms with Crippen LogP contribution in [0.4, 0.5) is 0 Å². The Morgan fingerprint density at radius 2 is 1.72 bits per heavy atom. The van der Waals surface area contributed by atoms with Crippen LogP contribution in [0.15, 0.2) is 66.7 Å². The molecule has 2 aromatic carbocycles. The summed E-state index contributed by atoms with van der Waals surface area (Å²) in [5, 5.41) is 10.0. The van der Waals surface area contributed by atoms with Gasteiger partial charge < -0.3 is 10.2 Å². The van der Waals surface area contributed by atoms with Crippen molar-refractivity contribution < 1.29 is 4.79 Å². The zero-order valence-electron chi connectivity index (χ0n) is 14.4. The number of benzene rings is 2. The van der Waals surface area contributed by atoms with Gasteiger partial charge in [0.05, 0.1) is 11.7 Å². The normalized spacial score (nSPS) is 12.1. The minimum Gasteiger partial charge on any atom is -0.349 e. The van der Waals surface area contributed by atoms with Crippen molar-refractivity contribution in [2.75, 3.05) is 20.6 Å². The maximum absolute atomic E-state index is 12.4. The number of likely N-dealkylation sites (N-methyl/N-ethyl adjacent to an activating group) is 1. The number of carbonyl (C=O) groups is 1. The summed E-state index contributed by atoms with van der Waals surface area (Å²) in [6.07, 6.45) is 0. The Morgan fingerprint density at radius 3 is 2.36 bits per heavy atom. The molecule has 0 saturated carbocycles. The molecular weight excluding hydrogens is 312 g/mol. The molecule has 0 saturated heterocycles. The van der Waals surface area contributed by atoms with E-state index in [2.05, 4.69) is 32.5 Å². The number of nitrogens with zero attached hydrogens (tertiary/aromatic N) is 2. The van der Waals surface area contributed by atoms with Gasteiger partial charge in [0.15, 0.2) is 0 Å². The molecule has 25 heavy (non-hydrogen) atoms. The van der Waals surface area contributed by atoms with Gasteiger partial charge in [-0.05, 0) is 25.7 Å². The van der Waals surface area contributed by atoms with Gasteiger partial charge in [-0.3, -0.25) is 9.89 Å². The second-order valence-corrected chi connectivity index (χ2v) is 6.13. The summed E-state index contributed by atoms with van der Waals surface area (Å²) in [5.74, 6) is -0.155. The first kappa shape index (κ1) is 16.9. The molecular formula is C20H22N4O. The first-order chi connectivity index (χ1) is 12.1. The average Bonchev–Trinajstić information content (AvgIpc) is 3.13. The molecule has 3 rings (SSSR count). The summed E-state index contributed by atoms with van der Waals surface area (Å²) >= 11 is 0. The number of aromatic amines is 1. The van der Waals surface area contributed by atoms with Crippen LogP contribution < -0.4 is 5.32 Å². The number of hydrogen-bond acceptors (Lipinski definition) is 3. The molecule has 0 fully saturated rings. The molecule has 0 aliphatic heterocycles. The van der Waals surface area contributed by atoms with Gasteiger partial charge in [0, 0.05) is 12.1 Å². The van der Waals surface area contributed by atoms with Crippen LogP contribution in [-0.2, 0) is 0 Å². The van der Waals surface area contributed by atoms with E-state index in [1.165, 1.54) is 5.56 Å². The van der Waals surface area contributed by atoms with Crippen molar-refractivity contribution in [3.8, 4) is 11.3 Å². The summed E-state index contributed by atoms with van der Waals surface area (Å²) in [6, 6.07) is 21.8. The zero-order valence-corrected chi connectivity index (χ0v) is 14.4. The molecule has 5 nitrogen and oxygen atoms in total. The van der Waals surface area contributed by atoms with Gasteiger partial charge in [0.1, 0.15) is 5.69 Å². The highest BCUT2D eigenvalue weighted by molar-refractivity contribution is 5.93. The van der Waals surface area contributed by atoms with Crippen molar-refractivity contribution in [2.24, 2.45) is 0 Å². The van der Waals surface area contributed by atoms with Crippen molar-refractivity contribution in [3.05, 3.63) is 78.0 Å². The fourth-order valence-corrected chi connectivity index (χ4v) is 2.75. The summed E-state index contributed by atoms with van der Waals surface area (Å²) in [6.45, 7) is 0.523. The molecule has 1 unspecified atom stereocenters. The Hall–Kier alpha value is -2.92. The fraction of sp³-hybridized carbons (Fsp3) is 0.200. The molecule has 0 aliphatic carbocycles. The predicted octanol–water partition coefficient (Wildman–Crippen LogP) is 3.11. The van der Waals surface area contributed by atoms with E-state index in [1.807, 2.05) is 62.6 Å². The fourth-order valence-electron chi connectivity index (χ4n) is 2.75. The maximum atomic E-state index is 12.4. The van der Waals surface area contributed by atoms with Crippen LogP contribution in [0.2, 0.25) is 0 Å². The van der Waals surface area contributed by atoms with Crippen LogP contribution in [0.3, 0.4) is 0 Å². The van der Waals surface area contributed by atoms with Crippen LogP contribution in [0.1, 0.15) is 22.1 Å². The Labute approximate surface area is 147 Å². The van der Waals surface area contributed by atoms with Crippen molar-refractivity contribution in [1.29, 1.82) is 0 Å². The molecule has 2 N–H and O–H groups in total. The van der Waals surface area contributed by atoms with E-state index < -0.39 is 0 Å². The molecule has 5 heteroatoms. The van der Waals surface area contributed by atoms with Crippen LogP contribution >= 0.6 is 0 Å². The highest BCUT2D eigenvalue weighted by Crippen LogP contribution is 2.18. The molecule has 0 spiro atoms. The maximum Gasteiger partial charge on any atom is 0.269 e. The quantitative estimate of drug-likeness (QED) is 0.728. The Morgan fingerprint density at radius 1 is 1.08 bits per heavy atom. The SMILES string of the molecule is CN(C)C(CNC(=O)c1cc(-c2ccccc2)n[nH]1)c1ccccc1. The van der Waals surface area contributed by atoms with E-state index in [0.29, 0.717) is 12.2 Å². The zero-order chi connectivity index (χ0) is 17.6. The van der Waals surface area contributed by atoms with E-state index in [-0.39, 0.29) is 11.9 Å². The monoisotopic (exact) mass is 334 g/mol. The molecule has 1 heterocycles. The number of amides is 1. The standard InChI is InChI=1S/C20H22N4O/c1-24(2)19(16-11-7-4-8-12-16)14-21-20(25)18-13-17(22-23-18)15-9-5-3-6-10-15/h3-13,19H,14H2,1-2H3,(H,21,25)(H,22,23). The van der Waals surface area contributed by atoms with Gasteiger partial charge in [0.25, 0.3) is 5.91 Å². The van der Waals surface area contributed by atoms with Crippen LogP contribution in [-0.4, -0.2) is 41.6 Å². The first-order valence-corrected chi connectivity index (χ1v) is 8.25. The molecule has 3 aromatic rings. The highest BCUT2D eigenvalue weighted by atomic mass is 16.1. The largest absolute Gasteiger partial charge is 0.349 e. The molecule has 0 aliphatic rings. The molecule has 128 valence electrons. The summed E-state index contributed by atoms with van der Waals surface area (Å²) in [4.78, 5) is 14.5. The second-order valence-electron chi connectivity index (χ2n) is 6.13. The van der Waals surface area contributed by atoms with Gasteiger partial charge >= 0.3 is 0 Å². The Bertz CT molecular complexity index is 812. The van der Waals surface area contributed by atoms with Gasteiger partial charge in [-0.2, -0.15) is 5.10 Å². The van der Waals surface area contributed by atoms with Crippen LogP contribution in [0, 0.1) is 0 Å². The van der Waals surface area contributed by atoms with Crippen molar-refractivity contribution in [1.82, 2.24) is 20.4 Å². The van der Waals surface area contributed by atoms with E-state index in [1.54, 1.807) is 6.07 Å². The third-order valence-corrected chi connectivity index (χ3v) is 4.16. The van der Waals surface area contributed by atoms with E-state index >= 15 is 0 Å². The van der Waals surface area contributed by atoms with E-state index in [0.717, 1.165) is 11.3 Å². The minimum absolute atomic E-state index is 0.113. The van der Waals surface area contributed by atoms with E-state index in [9.17, 15) is 4.79 Å². The van der Waals surface area contributed by atoms with E-state index in [4.69, 9.17) is 0 Å². The molecule has 1 amide bonds. The van der Waals surface area contributed by atoms with Crippen molar-refractivity contribution in [2.45, 2.75) is 6.04 Å². The molecule has 1 atom stereocenters. The number of H-pyrrole nitrogens is 1. The lowest BCUT2D eigenvalue weighted by Crippen LogP contribution is -2.34. The lowest BCUT2D eigenvalue weighted by molar-refractivity contribution is 0.0937. The summed E-state index contributed by atoms with van der Waals surface area (Å²) in [5.41, 5.74) is 3.37. The number of rotatable bonds is 6. The predicted molar refractivity (Wildman–Crippen MR) is 99.2 cm³/mol. The van der Waals surface area contributed by atoms with Gasteiger partial charge in [-0.15, -0.1) is 0 Å². The smallest absolute Gasteiger partial charge is 0.269 e. The van der Waals surface area contributed by atoms with Crippen molar-refractivity contribution in [3.63, 3.8) is 0 Å². The van der Waals surface area contributed by atoms with Crippen molar-refractivity contribution >= 4 is 5.91 Å². The number of hydrogen-bond donors (Lipinski definition) is 2. The Kier molecular flexibility index (Phi) is 5.26. The average molecular weight is 334 g/mol. The molecule has 1 aromatic heterocycles. The lowest BCUT2D eigenvalue weighted by atomic mass is 10.1. The van der Waals surface area contributed by atoms with Crippen LogP contribution in [0.25, 0.3) is 11.3 Å². The summed E-state index contributed by atoms with van der Waals surface area (Å²) < 4.78 is 0. The van der Waals surface area contributed by atoms with Gasteiger partial charge in [0.2, 0.25) is 0 Å². The van der Waals surface area contributed by atoms with Gasteiger partial charge in [-0.25, -0.2) is 0 Å². The molecule has 0 bridgehead atoms. The molecule has 0 radical (unpaired) electrons. The number of aromatic nitrogens is 2.